The normalized spacial score (nSPS) is 10.7. The second kappa shape index (κ2) is 7.59. The summed E-state index contributed by atoms with van der Waals surface area (Å²) in [6.07, 6.45) is 7.17. The van der Waals surface area contributed by atoms with E-state index in [1.807, 2.05) is 30.2 Å². The fourth-order valence-electron chi connectivity index (χ4n) is 2.63. The molecule has 24 heavy (non-hydrogen) atoms. The molecule has 0 saturated heterocycles. The fraction of sp³-hybridized carbons (Fsp3) is 0.278. The molecule has 3 rings (SSSR count). The highest BCUT2D eigenvalue weighted by Crippen LogP contribution is 2.14. The standard InChI is InChI=1S/C18H20N4O2/c1-14-9-20-22(11-14)12-16-4-2-15(3-5-16)8-18-17(10-19-21-18)6-7-24-13-23/h2-5,9-11,13H,6-8,12H2,1H3,(H,19,21). The van der Waals surface area contributed by atoms with Gasteiger partial charge in [0.1, 0.15) is 0 Å². The van der Waals surface area contributed by atoms with Crippen LogP contribution in [0.1, 0.15) is 27.9 Å². The van der Waals surface area contributed by atoms with Gasteiger partial charge >= 0.3 is 0 Å². The number of ether oxygens (including phenoxy) is 1. The second-order valence-electron chi connectivity index (χ2n) is 5.78. The van der Waals surface area contributed by atoms with Gasteiger partial charge in [-0.15, -0.1) is 0 Å². The smallest absolute Gasteiger partial charge is 0.293 e. The second-order valence-corrected chi connectivity index (χ2v) is 5.78. The highest BCUT2D eigenvalue weighted by Gasteiger charge is 2.07. The Balaban J connectivity index is 1.62. The monoisotopic (exact) mass is 324 g/mol. The molecular formula is C18H20N4O2. The van der Waals surface area contributed by atoms with Crippen molar-refractivity contribution in [1.82, 2.24) is 20.0 Å². The third-order valence-electron chi connectivity index (χ3n) is 3.87. The van der Waals surface area contributed by atoms with Crippen molar-refractivity contribution in [2.24, 2.45) is 0 Å². The number of carbonyl (C=O) groups excluding carboxylic acids is 1. The first-order chi connectivity index (χ1) is 11.7. The van der Waals surface area contributed by atoms with Gasteiger partial charge in [-0.2, -0.15) is 10.2 Å². The number of aromatic nitrogens is 4. The van der Waals surface area contributed by atoms with E-state index in [0.29, 0.717) is 19.5 Å². The Morgan fingerprint density at radius 3 is 2.75 bits per heavy atom. The third-order valence-corrected chi connectivity index (χ3v) is 3.87. The van der Waals surface area contributed by atoms with Crippen LogP contribution in [0.4, 0.5) is 0 Å². The Hall–Kier alpha value is -2.89. The van der Waals surface area contributed by atoms with Gasteiger partial charge in [-0.1, -0.05) is 24.3 Å². The fourth-order valence-corrected chi connectivity index (χ4v) is 2.63. The van der Waals surface area contributed by atoms with Crippen LogP contribution in [-0.2, 0) is 28.9 Å². The molecule has 0 aliphatic heterocycles. The van der Waals surface area contributed by atoms with E-state index in [1.54, 1.807) is 0 Å². The summed E-state index contributed by atoms with van der Waals surface area (Å²) in [5, 5.41) is 11.5. The average molecular weight is 324 g/mol. The molecule has 1 aromatic carbocycles. The molecule has 3 aromatic rings. The molecular weight excluding hydrogens is 304 g/mol. The topological polar surface area (TPSA) is 72.8 Å². The van der Waals surface area contributed by atoms with Crippen LogP contribution >= 0.6 is 0 Å². The first-order valence-corrected chi connectivity index (χ1v) is 7.88. The highest BCUT2D eigenvalue weighted by atomic mass is 16.5. The van der Waals surface area contributed by atoms with E-state index in [0.717, 1.165) is 29.8 Å². The maximum absolute atomic E-state index is 10.2. The van der Waals surface area contributed by atoms with E-state index in [-0.39, 0.29) is 0 Å². The van der Waals surface area contributed by atoms with E-state index in [9.17, 15) is 4.79 Å². The Bertz CT molecular complexity index is 789. The molecule has 0 bridgehead atoms. The van der Waals surface area contributed by atoms with Gasteiger partial charge in [-0.05, 0) is 29.2 Å². The van der Waals surface area contributed by atoms with Crippen LogP contribution in [0, 0.1) is 6.92 Å². The summed E-state index contributed by atoms with van der Waals surface area (Å²) < 4.78 is 6.69. The number of nitrogens with zero attached hydrogens (tertiary/aromatic N) is 3. The summed E-state index contributed by atoms with van der Waals surface area (Å²) in [4.78, 5) is 10.2. The van der Waals surface area contributed by atoms with Gasteiger partial charge in [-0.3, -0.25) is 14.6 Å². The van der Waals surface area contributed by atoms with Crippen molar-refractivity contribution in [2.45, 2.75) is 26.3 Å². The maximum atomic E-state index is 10.2. The lowest BCUT2D eigenvalue weighted by atomic mass is 10.0. The number of nitrogens with one attached hydrogen (secondary N) is 1. The Morgan fingerprint density at radius 1 is 1.25 bits per heavy atom. The molecule has 2 aromatic heterocycles. The Kier molecular flexibility index (Phi) is 5.05. The molecule has 0 aliphatic rings. The molecule has 0 aliphatic carbocycles. The van der Waals surface area contributed by atoms with Crippen LogP contribution in [-0.4, -0.2) is 33.1 Å². The third kappa shape index (κ3) is 4.10. The molecule has 0 spiro atoms. The van der Waals surface area contributed by atoms with Crippen LogP contribution in [0.25, 0.3) is 0 Å². The first-order valence-electron chi connectivity index (χ1n) is 7.88. The van der Waals surface area contributed by atoms with E-state index in [4.69, 9.17) is 4.74 Å². The molecule has 0 fully saturated rings. The Morgan fingerprint density at radius 2 is 2.04 bits per heavy atom. The summed E-state index contributed by atoms with van der Waals surface area (Å²) >= 11 is 0. The number of hydrogen-bond donors (Lipinski definition) is 1. The first kappa shape index (κ1) is 16.0. The number of carbonyl (C=O) groups is 1. The lowest BCUT2D eigenvalue weighted by Gasteiger charge is -2.05. The molecule has 0 radical (unpaired) electrons. The van der Waals surface area contributed by atoms with Crippen molar-refractivity contribution in [1.29, 1.82) is 0 Å². The summed E-state index contributed by atoms with van der Waals surface area (Å²) in [6.45, 7) is 3.65. The number of H-pyrrole nitrogens is 1. The van der Waals surface area contributed by atoms with Gasteiger partial charge in [0.25, 0.3) is 6.47 Å². The molecule has 6 nitrogen and oxygen atoms in total. The predicted octanol–water partition coefficient (Wildman–Crippen LogP) is 2.27. The minimum Gasteiger partial charge on any atom is -0.468 e. The van der Waals surface area contributed by atoms with E-state index in [1.165, 1.54) is 11.1 Å². The highest BCUT2D eigenvalue weighted by molar-refractivity contribution is 5.37. The van der Waals surface area contributed by atoms with Crippen LogP contribution in [0.2, 0.25) is 0 Å². The summed E-state index contributed by atoms with van der Waals surface area (Å²) in [5.41, 5.74) is 5.63. The quantitative estimate of drug-likeness (QED) is 0.509. The summed E-state index contributed by atoms with van der Waals surface area (Å²) in [6, 6.07) is 8.47. The maximum Gasteiger partial charge on any atom is 0.293 e. The van der Waals surface area contributed by atoms with Crippen molar-refractivity contribution in [3.05, 3.63) is 70.8 Å². The SMILES string of the molecule is Cc1cnn(Cc2ccc(Cc3n[nH]cc3CCOC=O)cc2)c1. The largest absolute Gasteiger partial charge is 0.468 e. The van der Waals surface area contributed by atoms with Gasteiger partial charge in [0, 0.05) is 25.2 Å². The summed E-state index contributed by atoms with van der Waals surface area (Å²) in [5.74, 6) is 0. The molecule has 0 amide bonds. The van der Waals surface area contributed by atoms with Crippen molar-refractivity contribution < 1.29 is 9.53 Å². The van der Waals surface area contributed by atoms with E-state index in [2.05, 4.69) is 39.6 Å². The van der Waals surface area contributed by atoms with Gasteiger partial charge in [0.2, 0.25) is 0 Å². The number of aromatic amines is 1. The zero-order valence-electron chi connectivity index (χ0n) is 13.6. The van der Waals surface area contributed by atoms with E-state index >= 15 is 0 Å². The molecule has 1 N–H and O–H groups in total. The van der Waals surface area contributed by atoms with Crippen molar-refractivity contribution in [3.63, 3.8) is 0 Å². The van der Waals surface area contributed by atoms with Crippen LogP contribution < -0.4 is 0 Å². The summed E-state index contributed by atoms with van der Waals surface area (Å²) in [7, 11) is 0. The zero-order valence-corrected chi connectivity index (χ0v) is 13.6. The molecule has 0 saturated carbocycles. The number of hydrogen-bond acceptors (Lipinski definition) is 4. The van der Waals surface area contributed by atoms with Crippen LogP contribution in [0.3, 0.4) is 0 Å². The van der Waals surface area contributed by atoms with Crippen molar-refractivity contribution in [3.8, 4) is 0 Å². The molecule has 6 heteroatoms. The molecule has 2 heterocycles. The number of rotatable bonds is 8. The predicted molar refractivity (Wildman–Crippen MR) is 89.6 cm³/mol. The van der Waals surface area contributed by atoms with E-state index < -0.39 is 0 Å². The minimum atomic E-state index is 0.373. The zero-order chi connectivity index (χ0) is 16.8. The minimum absolute atomic E-state index is 0.373. The number of benzene rings is 1. The van der Waals surface area contributed by atoms with Gasteiger partial charge in [0.05, 0.1) is 25.0 Å². The van der Waals surface area contributed by atoms with Crippen LogP contribution in [0.15, 0.2) is 42.9 Å². The average Bonchev–Trinajstić information content (AvgIpc) is 3.19. The molecule has 0 unspecified atom stereocenters. The Labute approximate surface area is 140 Å². The van der Waals surface area contributed by atoms with Crippen molar-refractivity contribution in [2.75, 3.05) is 6.61 Å². The molecule has 124 valence electrons. The lowest BCUT2D eigenvalue weighted by Crippen LogP contribution is -2.01. The molecule has 0 atom stereocenters. The van der Waals surface area contributed by atoms with Gasteiger partial charge < -0.3 is 4.74 Å². The number of aryl methyl sites for hydroxylation is 1. The lowest BCUT2D eigenvalue weighted by molar-refractivity contribution is -0.128. The van der Waals surface area contributed by atoms with Gasteiger partial charge in [0.15, 0.2) is 0 Å². The van der Waals surface area contributed by atoms with Crippen molar-refractivity contribution >= 4 is 6.47 Å². The van der Waals surface area contributed by atoms with Crippen LogP contribution in [0.5, 0.6) is 0 Å². The van der Waals surface area contributed by atoms with Gasteiger partial charge in [-0.25, -0.2) is 0 Å².